The van der Waals surface area contributed by atoms with Crippen LogP contribution in [0.2, 0.25) is 10.0 Å². The molecular formula is C93H113Cl2N11O34. The van der Waals surface area contributed by atoms with E-state index in [2.05, 4.69) is 47.9 Å². The first-order chi connectivity index (χ1) is 66.0. The molecule has 5 aromatic carbocycles. The zero-order valence-corrected chi connectivity index (χ0v) is 78.5. The number of likely N-dealkylation sites (N-methyl/N-ethyl adjacent to an activating group) is 1. The molecule has 0 aromatic heterocycles. The van der Waals surface area contributed by atoms with Gasteiger partial charge in [-0.2, -0.15) is 0 Å². The Labute approximate surface area is 810 Å². The van der Waals surface area contributed by atoms with Crippen molar-refractivity contribution in [3.05, 3.63) is 141 Å². The summed E-state index contributed by atoms with van der Waals surface area (Å²) in [5, 5.41) is 157. The highest BCUT2D eigenvalue weighted by atomic mass is 35.5. The third kappa shape index (κ3) is 25.7. The summed E-state index contributed by atoms with van der Waals surface area (Å²) < 4.78 is 51.1. The molecule has 0 spiro atoms. The van der Waals surface area contributed by atoms with Crippen molar-refractivity contribution in [2.45, 2.75) is 241 Å². The summed E-state index contributed by atoms with van der Waals surface area (Å²) in [6.45, 7) is 8.35. The molecule has 6 heterocycles. The van der Waals surface area contributed by atoms with Crippen molar-refractivity contribution in [1.29, 1.82) is 0 Å². The average Bonchev–Trinajstić information content (AvgIpc) is 0.764. The number of carbonyl (C=O) groups excluding carboxylic acids is 11. The molecule has 2 saturated heterocycles. The minimum atomic E-state index is -2.35. The first kappa shape index (κ1) is 107. The van der Waals surface area contributed by atoms with Gasteiger partial charge < -0.3 is 153 Å². The Bertz CT molecular complexity index is 5600. The van der Waals surface area contributed by atoms with Crippen molar-refractivity contribution >= 4 is 107 Å². The number of benzene rings is 5. The Balaban J connectivity index is 1.06. The lowest BCUT2D eigenvalue weighted by molar-refractivity contribution is -0.334. The van der Waals surface area contributed by atoms with Gasteiger partial charge in [0.15, 0.2) is 29.9 Å². The van der Waals surface area contributed by atoms with Crippen LogP contribution in [0, 0.1) is 16.7 Å². The third-order valence-corrected chi connectivity index (χ3v) is 25.8. The molecule has 13 rings (SSSR count). The van der Waals surface area contributed by atoms with E-state index in [1.54, 1.807) is 52.0 Å². The quantitative estimate of drug-likeness (QED) is 0.0309. The monoisotopic (exact) mass is 2000 g/mol. The molecule has 5 aromatic rings. The van der Waals surface area contributed by atoms with Gasteiger partial charge in [0.1, 0.15) is 121 Å². The van der Waals surface area contributed by atoms with Crippen molar-refractivity contribution in [3.8, 4) is 57.1 Å². The van der Waals surface area contributed by atoms with E-state index in [4.69, 9.17) is 66.8 Å². The first-order valence-corrected chi connectivity index (χ1v) is 45.4. The maximum absolute atomic E-state index is 16.1. The van der Waals surface area contributed by atoms with Crippen molar-refractivity contribution in [1.82, 2.24) is 52.8 Å². The van der Waals surface area contributed by atoms with Crippen LogP contribution in [0.15, 0.2) is 103 Å². The second-order valence-electron chi connectivity index (χ2n) is 36.3. The fraction of sp³-hybridized carbons (Fsp3) is 0.484. The summed E-state index contributed by atoms with van der Waals surface area (Å²) in [4.78, 5) is 196. The van der Waals surface area contributed by atoms with E-state index in [-0.39, 0.29) is 55.2 Å². The molecular weight excluding hydrogens is 1890 g/mol. The van der Waals surface area contributed by atoms with Gasteiger partial charge in [-0.1, -0.05) is 81.2 Å². The summed E-state index contributed by atoms with van der Waals surface area (Å²) in [6, 6.07) is -1.11. The minimum absolute atomic E-state index is 0.0212. The molecule has 2 aliphatic carbocycles. The van der Waals surface area contributed by atoms with Gasteiger partial charge in [0.05, 0.1) is 40.8 Å². The van der Waals surface area contributed by atoms with E-state index < -0.39 is 326 Å². The molecule has 22 atom stereocenters. The number of phenols is 3. The summed E-state index contributed by atoms with van der Waals surface area (Å²) in [5.74, 6) is -19.7. The maximum Gasteiger partial charge on any atom is 0.410 e. The van der Waals surface area contributed by atoms with Gasteiger partial charge in [0.2, 0.25) is 65.7 Å². The Hall–Kier alpha value is -13.2. The molecule has 140 heavy (non-hydrogen) atoms. The van der Waals surface area contributed by atoms with Gasteiger partial charge in [-0.15, -0.1) is 0 Å². The smallest absolute Gasteiger partial charge is 0.410 e. The number of amides is 11. The second-order valence-corrected chi connectivity index (χ2v) is 37.1. The summed E-state index contributed by atoms with van der Waals surface area (Å²) in [7, 11) is 1.20. The van der Waals surface area contributed by atoms with Crippen molar-refractivity contribution in [2.75, 3.05) is 26.7 Å². The highest BCUT2D eigenvalue weighted by Crippen LogP contribution is 2.51. The Kier molecular flexibility index (Phi) is 35.1. The molecule has 23 N–H and O–H groups in total. The Morgan fingerprint density at radius 2 is 1.21 bits per heavy atom. The second kappa shape index (κ2) is 45.8. The number of carbonyl (C=O) groups is 14. The standard InChI is InChI=1S/C93H113Cl2N11O34/c1-41(2)27-56(106(8)90(132)135-50-14-10-12-24-92(6,26-22-50)88(130)98-38-66(115)116)81(123)104-72-74(118)46-17-20-60(54(95)30-46)137-62-32-47-31-61(77(62)140-86-78(76(120)75(119)63(39-107)138-86)139-67-36-93(7,79(121)43(4)133-67)105-89(131)134-49-13-9-11-23-91(5,25-21-49)87(129)97-37-65(113)114)136-59-19-16-45(29-53(59)94)73(117)71(99-40-108)83(125)103-70(85(127)128)52-33-48(109)34-58(111)68(52)51-28-44(15-18-57(51)110)42(3)100-82(124)69(47)102-80(122)55(35-64(96)112)101-84(72)126/h9-10,13-20,28-34,40-43,49-50,55-56,63,67,69-76,78-79,86,107,109-111,117-121H,11-12,21-27,35-39H2,1-8H3,(H2,96,112)(H,97,129)(H,98,130)(H,99,108)(H,100,124)(H,101,126)(H,102,122)(H,103,125)(H,104,123)(H,105,131)(H,113,114)(H,115,116)(H,127,128)/b13-9+,14-10+/t42-,43-,49+,50+,55-,56+,63+,67?,69?,70-,71?,72+,73?,74+,75+,76-,78?,79+,86?,91-,92-,93-/m0/s1. The number of aliphatic hydroxyl groups excluding tert-OH is 6. The number of hydrogen-bond donors (Lipinski definition) is 22. The Morgan fingerprint density at radius 1 is 0.650 bits per heavy atom. The lowest BCUT2D eigenvalue weighted by atomic mass is 9.78. The number of aliphatic carboxylic acids is 3. The number of alkyl carbamates (subject to hydrolysis) is 1. The minimum Gasteiger partial charge on any atom is -0.508 e. The van der Waals surface area contributed by atoms with E-state index in [1.165, 1.54) is 33.9 Å². The van der Waals surface area contributed by atoms with E-state index in [0.29, 0.717) is 25.7 Å². The molecule has 9 bridgehead atoms. The zero-order chi connectivity index (χ0) is 103. The van der Waals surface area contributed by atoms with Crippen LogP contribution in [0.25, 0.3) is 11.1 Å². The van der Waals surface area contributed by atoms with Crippen LogP contribution in [0.1, 0.15) is 177 Å². The number of nitrogens with one attached hydrogen (secondary N) is 9. The molecule has 8 aliphatic rings. The SMILES string of the molecule is CC(C)C[C@H](C(=O)N[C@H]1C(=O)N[C@@H](CC(N)=O)C(=O)NC2C(=O)N[C@@H](C)c3ccc(O)c(c3)-c3c(O)cc(O)cc3[C@@H](C(=O)O)NC(=O)C(NC=O)C(O)c3ccc(c(Cl)c3)Oc3cc2cc(c3OC2O[C@H](CO)[C@@H](O)[C@H](O)C2OC2C[C@](C)(NC(=O)O[C@@H]3/C=C/CC[C@](C)(C(=O)NCC(=O)O)CC3)[C@H](O)[C@H](C)O2)Oc2ccc(cc2Cl)[C@H]1O)N(C)C(=O)O[C@@H]1/C=C/CC[C@](C)(C(=O)NCC(=O)O)CC1. The number of ether oxygens (including phenoxy) is 8. The van der Waals surface area contributed by atoms with Crippen LogP contribution < -0.4 is 67.8 Å². The highest BCUT2D eigenvalue weighted by Gasteiger charge is 2.54. The fourth-order valence-electron chi connectivity index (χ4n) is 17.2. The van der Waals surface area contributed by atoms with Gasteiger partial charge in [-0.05, 0) is 173 Å². The topological polar surface area (TPSA) is 693 Å². The number of aromatic hydroxyl groups is 3. The lowest BCUT2D eigenvalue weighted by Gasteiger charge is -2.48. The molecule has 758 valence electrons. The molecule has 0 saturated carbocycles. The number of allylic oxidation sites excluding steroid dienone is 2. The molecule has 47 heteroatoms. The molecule has 0 radical (unpaired) electrons. The van der Waals surface area contributed by atoms with Gasteiger partial charge in [-0.25, -0.2) is 14.4 Å². The van der Waals surface area contributed by atoms with Gasteiger partial charge in [-0.3, -0.25) is 57.6 Å². The number of carboxylic acid groups (broad SMARTS) is 3. The van der Waals surface area contributed by atoms with Crippen molar-refractivity contribution < 1.29 is 166 Å². The number of hydrogen-bond acceptors (Lipinski definition) is 31. The summed E-state index contributed by atoms with van der Waals surface area (Å²) in [5.41, 5.74) is -1.03. The number of fused-ring (bicyclic) bond motifs is 16. The number of aliphatic hydroxyl groups is 6. The van der Waals surface area contributed by atoms with Crippen molar-refractivity contribution in [3.63, 3.8) is 0 Å². The van der Waals surface area contributed by atoms with Gasteiger partial charge >= 0.3 is 30.1 Å². The molecule has 45 nitrogen and oxygen atoms in total. The Morgan fingerprint density at radius 3 is 1.76 bits per heavy atom. The van der Waals surface area contributed by atoms with Crippen LogP contribution in [-0.2, 0) is 81.2 Å². The van der Waals surface area contributed by atoms with Crippen LogP contribution in [0.5, 0.6) is 46.0 Å². The number of phenolic OH excluding ortho intramolecular Hbond substituents is 3. The molecule has 6 unspecified atom stereocenters. The third-order valence-electron chi connectivity index (χ3n) is 25.2. The number of primary amides is 1. The predicted molar refractivity (Wildman–Crippen MR) is 487 cm³/mol. The van der Waals surface area contributed by atoms with Crippen LogP contribution in [0.4, 0.5) is 9.59 Å². The predicted octanol–water partition coefficient (Wildman–Crippen LogP) is 3.77. The normalized spacial score (nSPS) is 29.0. The van der Waals surface area contributed by atoms with Crippen LogP contribution in [0.3, 0.4) is 0 Å². The number of rotatable bonds is 24. The average molecular weight is 2000 g/mol. The van der Waals surface area contributed by atoms with Crippen LogP contribution in [-0.4, -0.2) is 268 Å². The largest absolute Gasteiger partial charge is 0.508 e. The van der Waals surface area contributed by atoms with Crippen LogP contribution >= 0.6 is 23.2 Å². The number of halogens is 2. The zero-order valence-electron chi connectivity index (χ0n) is 77.0. The van der Waals surface area contributed by atoms with Crippen molar-refractivity contribution in [2.24, 2.45) is 22.5 Å². The molecule has 2 fully saturated rings. The van der Waals surface area contributed by atoms with Gasteiger partial charge in [0.25, 0.3) is 0 Å². The maximum atomic E-state index is 16.1. The van der Waals surface area contributed by atoms with E-state index in [9.17, 15) is 109 Å². The van der Waals surface area contributed by atoms with E-state index in [1.807, 2.05) is 0 Å². The molecule has 6 aliphatic heterocycles. The fourth-order valence-corrected chi connectivity index (χ4v) is 17.7. The first-order valence-electron chi connectivity index (χ1n) is 44.7. The number of nitrogens with two attached hydrogens (primary N) is 1. The summed E-state index contributed by atoms with van der Waals surface area (Å²) >= 11 is 14.4. The number of carboxylic acids is 3. The summed E-state index contributed by atoms with van der Waals surface area (Å²) in [6.07, 6.45) is -17.7. The number of nitrogens with zero attached hydrogens (tertiary/aromatic N) is 1. The van der Waals surface area contributed by atoms with E-state index in [0.717, 1.165) is 77.7 Å². The lowest BCUT2D eigenvalue weighted by Crippen LogP contribution is -2.66. The highest BCUT2D eigenvalue weighted by molar-refractivity contribution is 6.32. The molecule has 11 amide bonds. The van der Waals surface area contributed by atoms with E-state index >= 15 is 19.2 Å². The van der Waals surface area contributed by atoms with Gasteiger partial charge in [0, 0.05) is 47.1 Å².